The second-order valence-electron chi connectivity index (χ2n) is 2.04. The summed E-state index contributed by atoms with van der Waals surface area (Å²) in [6.07, 6.45) is 0.0329. The molecule has 0 heterocycles. The fraction of sp³-hybridized carbons (Fsp3) is 0.143. The van der Waals surface area contributed by atoms with E-state index in [9.17, 15) is 19.2 Å². The van der Waals surface area contributed by atoms with Gasteiger partial charge >= 0.3 is 11.9 Å². The Labute approximate surface area is 72.5 Å². The maximum Gasteiger partial charge on any atom is 0.372 e. The maximum absolute atomic E-state index is 10.5. The summed E-state index contributed by atoms with van der Waals surface area (Å²) in [6.45, 7) is 0. The Balaban J connectivity index is 4.54. The zero-order valence-corrected chi connectivity index (χ0v) is 6.39. The third-order valence-corrected chi connectivity index (χ3v) is 1.13. The van der Waals surface area contributed by atoms with Crippen LogP contribution < -0.4 is 0 Å². The number of Topliss-reactive ketones (excluding diaryl/α,β-unsaturated/α-hetero) is 1. The summed E-state index contributed by atoms with van der Waals surface area (Å²) in [6, 6.07) is 0. The summed E-state index contributed by atoms with van der Waals surface area (Å²) in [5, 5.41) is 16.5. The van der Waals surface area contributed by atoms with Crippen LogP contribution in [0.1, 0.15) is 6.42 Å². The first-order valence-electron chi connectivity index (χ1n) is 3.12. The first kappa shape index (κ1) is 11.0. The molecular weight excluding hydrogens is 180 g/mol. The highest BCUT2D eigenvalue weighted by molar-refractivity contribution is 6.34. The molecule has 0 saturated heterocycles. The number of hydrogen-bond acceptors (Lipinski definition) is 4. The number of carbonyl (C=O) groups excluding carboxylic acids is 2. The number of carboxylic acid groups (broad SMARTS) is 2. The van der Waals surface area contributed by atoms with Crippen molar-refractivity contribution in [1.29, 1.82) is 0 Å². The quantitative estimate of drug-likeness (QED) is 0.332. The zero-order chi connectivity index (χ0) is 10.4. The molecule has 0 atom stereocenters. The number of rotatable bonds is 5. The van der Waals surface area contributed by atoms with Crippen LogP contribution in [0.4, 0.5) is 0 Å². The second kappa shape index (κ2) is 4.81. The Kier molecular flexibility index (Phi) is 4.08. The van der Waals surface area contributed by atoms with Crippen LogP contribution in [0.3, 0.4) is 0 Å². The van der Waals surface area contributed by atoms with Crippen molar-refractivity contribution in [2.45, 2.75) is 6.42 Å². The Morgan fingerprint density at radius 3 is 1.92 bits per heavy atom. The smallest absolute Gasteiger partial charge is 0.372 e. The SMILES string of the molecule is O=CC=C(CC(=O)C(=O)O)C(=O)O. The molecule has 0 aromatic rings. The molecule has 0 rings (SSSR count). The van der Waals surface area contributed by atoms with Gasteiger partial charge in [-0.2, -0.15) is 0 Å². The highest BCUT2D eigenvalue weighted by Crippen LogP contribution is 2.01. The lowest BCUT2D eigenvalue weighted by Gasteiger charge is -1.95. The fourth-order valence-electron chi connectivity index (χ4n) is 0.537. The first-order chi connectivity index (χ1) is 5.99. The molecule has 0 radical (unpaired) electrons. The van der Waals surface area contributed by atoms with E-state index in [-0.39, 0.29) is 6.29 Å². The minimum atomic E-state index is -1.72. The largest absolute Gasteiger partial charge is 0.478 e. The van der Waals surface area contributed by atoms with Gasteiger partial charge in [0.2, 0.25) is 5.78 Å². The van der Waals surface area contributed by atoms with Crippen molar-refractivity contribution in [1.82, 2.24) is 0 Å². The van der Waals surface area contributed by atoms with Crippen LogP contribution in [-0.2, 0) is 19.2 Å². The van der Waals surface area contributed by atoms with Crippen molar-refractivity contribution in [3.05, 3.63) is 11.6 Å². The monoisotopic (exact) mass is 186 g/mol. The van der Waals surface area contributed by atoms with Crippen molar-refractivity contribution in [2.75, 3.05) is 0 Å². The maximum atomic E-state index is 10.5. The van der Waals surface area contributed by atoms with Gasteiger partial charge in [0, 0.05) is 5.57 Å². The number of carbonyl (C=O) groups is 4. The average molecular weight is 186 g/mol. The normalized spacial score (nSPS) is 10.6. The van der Waals surface area contributed by atoms with Gasteiger partial charge in [0.25, 0.3) is 0 Å². The standard InChI is InChI=1S/C7H6O6/c8-2-1-4(6(10)11)3-5(9)7(12)13/h1-2H,3H2,(H,10,11)(H,12,13). The molecule has 2 N–H and O–H groups in total. The summed E-state index contributed by atoms with van der Waals surface area (Å²) in [5.74, 6) is -4.48. The predicted octanol–water partition coefficient (Wildman–Crippen LogP) is -0.760. The van der Waals surface area contributed by atoms with Crippen molar-refractivity contribution in [2.24, 2.45) is 0 Å². The van der Waals surface area contributed by atoms with E-state index in [1.165, 1.54) is 0 Å². The van der Waals surface area contributed by atoms with E-state index < -0.39 is 29.7 Å². The number of hydrogen-bond donors (Lipinski definition) is 2. The van der Waals surface area contributed by atoms with Crippen molar-refractivity contribution in [3.63, 3.8) is 0 Å². The summed E-state index contributed by atoms with van der Waals surface area (Å²) >= 11 is 0. The molecule has 0 saturated carbocycles. The Hall–Kier alpha value is -1.98. The van der Waals surface area contributed by atoms with Crippen LogP contribution in [-0.4, -0.2) is 34.2 Å². The zero-order valence-electron chi connectivity index (χ0n) is 6.39. The molecule has 0 aliphatic carbocycles. The first-order valence-corrected chi connectivity index (χ1v) is 3.12. The van der Waals surface area contributed by atoms with Crippen molar-refractivity contribution < 1.29 is 29.4 Å². The van der Waals surface area contributed by atoms with Gasteiger partial charge < -0.3 is 10.2 Å². The highest BCUT2D eigenvalue weighted by atomic mass is 16.4. The number of ketones is 1. The van der Waals surface area contributed by atoms with E-state index in [1.54, 1.807) is 0 Å². The molecule has 0 amide bonds. The molecule has 13 heavy (non-hydrogen) atoms. The van der Waals surface area contributed by atoms with Crippen LogP contribution in [0.2, 0.25) is 0 Å². The molecule has 0 spiro atoms. The Morgan fingerprint density at radius 2 is 1.62 bits per heavy atom. The van der Waals surface area contributed by atoms with E-state index in [0.29, 0.717) is 6.08 Å². The van der Waals surface area contributed by atoms with E-state index in [1.807, 2.05) is 0 Å². The van der Waals surface area contributed by atoms with Crippen molar-refractivity contribution in [3.8, 4) is 0 Å². The summed E-state index contributed by atoms with van der Waals surface area (Å²) in [7, 11) is 0. The average Bonchev–Trinajstić information content (AvgIpc) is 2.03. The molecule has 0 aliphatic rings. The molecule has 0 bridgehead atoms. The van der Waals surface area contributed by atoms with Crippen LogP contribution in [0.25, 0.3) is 0 Å². The third-order valence-electron chi connectivity index (χ3n) is 1.13. The highest BCUT2D eigenvalue weighted by Gasteiger charge is 2.17. The van der Waals surface area contributed by atoms with Crippen LogP contribution in [0, 0.1) is 0 Å². The van der Waals surface area contributed by atoms with E-state index >= 15 is 0 Å². The fourth-order valence-corrected chi connectivity index (χ4v) is 0.537. The van der Waals surface area contributed by atoms with E-state index in [0.717, 1.165) is 0 Å². The second-order valence-corrected chi connectivity index (χ2v) is 2.04. The lowest BCUT2D eigenvalue weighted by atomic mass is 10.1. The molecule has 0 aliphatic heterocycles. The number of aliphatic carboxylic acids is 2. The number of allylic oxidation sites excluding steroid dienone is 1. The summed E-state index contributed by atoms with van der Waals surface area (Å²) in [5.41, 5.74) is -0.539. The van der Waals surface area contributed by atoms with Gasteiger partial charge in [-0.1, -0.05) is 0 Å². The Morgan fingerprint density at radius 1 is 1.08 bits per heavy atom. The number of aldehydes is 1. The summed E-state index contributed by atoms with van der Waals surface area (Å²) < 4.78 is 0. The summed E-state index contributed by atoms with van der Waals surface area (Å²) in [4.78, 5) is 40.7. The van der Waals surface area contributed by atoms with Crippen LogP contribution >= 0.6 is 0 Å². The van der Waals surface area contributed by atoms with Gasteiger partial charge in [0.15, 0.2) is 0 Å². The molecule has 6 heteroatoms. The van der Waals surface area contributed by atoms with Crippen molar-refractivity contribution >= 4 is 24.0 Å². The molecule has 6 nitrogen and oxygen atoms in total. The minimum Gasteiger partial charge on any atom is -0.478 e. The van der Waals surface area contributed by atoms with Gasteiger partial charge in [0.05, 0.1) is 6.42 Å². The van der Waals surface area contributed by atoms with E-state index in [2.05, 4.69) is 0 Å². The lowest BCUT2D eigenvalue weighted by molar-refractivity contribution is -0.149. The van der Waals surface area contributed by atoms with Gasteiger partial charge in [-0.05, 0) is 6.08 Å². The molecule has 0 fully saturated rings. The predicted molar refractivity (Wildman–Crippen MR) is 39.0 cm³/mol. The topological polar surface area (TPSA) is 109 Å². The Bertz CT molecular complexity index is 287. The third kappa shape index (κ3) is 3.80. The van der Waals surface area contributed by atoms with E-state index in [4.69, 9.17) is 10.2 Å². The minimum absolute atomic E-state index is 0.179. The molecule has 0 aromatic heterocycles. The van der Waals surface area contributed by atoms with Gasteiger partial charge in [-0.3, -0.25) is 9.59 Å². The molecule has 70 valence electrons. The van der Waals surface area contributed by atoms with Gasteiger partial charge in [0.1, 0.15) is 6.29 Å². The van der Waals surface area contributed by atoms with Gasteiger partial charge in [-0.25, -0.2) is 9.59 Å². The van der Waals surface area contributed by atoms with Crippen LogP contribution in [0.5, 0.6) is 0 Å². The van der Waals surface area contributed by atoms with Crippen LogP contribution in [0.15, 0.2) is 11.6 Å². The van der Waals surface area contributed by atoms with Gasteiger partial charge in [-0.15, -0.1) is 0 Å². The lowest BCUT2D eigenvalue weighted by Crippen LogP contribution is -2.16. The number of carboxylic acids is 2. The molecule has 0 aromatic carbocycles. The molecular formula is C7H6O6. The molecule has 0 unspecified atom stereocenters.